The van der Waals surface area contributed by atoms with Crippen LogP contribution in [0.15, 0.2) is 237 Å². The van der Waals surface area contributed by atoms with Gasteiger partial charge in [0.25, 0.3) is 0 Å². The molecule has 0 aliphatic rings. The minimum Gasteiger partial charge on any atom is -0.264 e. The summed E-state index contributed by atoms with van der Waals surface area (Å²) >= 11 is 1.85. The van der Waals surface area contributed by atoms with E-state index >= 15 is 0 Å². The fraction of sp³-hybridized carbons (Fsp3) is 0. The van der Waals surface area contributed by atoms with Gasteiger partial charge in [0.05, 0.1) is 0 Å². The Hall–Kier alpha value is -8.71. The van der Waals surface area contributed by atoms with E-state index < -0.39 is 0 Å². The quantitative estimate of drug-likeness (QED) is 0.145. The van der Waals surface area contributed by atoms with Crippen LogP contribution in [0.5, 0.6) is 0 Å². The van der Waals surface area contributed by atoms with E-state index in [1.807, 2.05) is 60.4 Å². The normalized spacial score (nSPS) is 11.3. The number of benzene rings is 8. The molecule has 0 aliphatic heterocycles. The molecule has 0 aliphatic carbocycles. The van der Waals surface area contributed by atoms with Crippen LogP contribution in [-0.4, -0.2) is 24.9 Å². The highest BCUT2D eigenvalue weighted by Gasteiger charge is 2.18. The molecule has 0 spiro atoms. The minimum atomic E-state index is 0.618. The molecule has 4 aromatic heterocycles. The summed E-state index contributed by atoms with van der Waals surface area (Å²) in [6.45, 7) is 0. The second-order valence-electron chi connectivity index (χ2n) is 16.5. The molecule has 5 nitrogen and oxygen atoms in total. The third-order valence-corrected chi connectivity index (χ3v) is 13.6. The van der Waals surface area contributed by atoms with E-state index in [0.29, 0.717) is 17.5 Å². The lowest BCUT2D eigenvalue weighted by molar-refractivity contribution is 1.07. The SMILES string of the molecule is c1ccc(-c2ccc(-c3nc(-c4ccc(-c5cccc6c5sc5c(-c7cc(-c8cccnc8)cc(-c8cccnc8)c7)cccc56)cc4)nc(-c4cccc(-c5ccccc5)c4)n3)cc2)cc1. The molecule has 0 saturated carbocycles. The molecule has 12 rings (SSSR count). The molecule has 8 aromatic carbocycles. The first-order valence-electron chi connectivity index (χ1n) is 22.3. The smallest absolute Gasteiger partial charge is 0.164 e. The van der Waals surface area contributed by atoms with E-state index in [2.05, 4.69) is 198 Å². The highest BCUT2D eigenvalue weighted by molar-refractivity contribution is 7.26. The molecular weight excluding hydrogens is 835 g/mol. The maximum Gasteiger partial charge on any atom is 0.164 e. The Morgan fingerprint density at radius 3 is 1.18 bits per heavy atom. The molecular formula is C61H39N5S. The third-order valence-electron chi connectivity index (χ3n) is 12.3. The van der Waals surface area contributed by atoms with Crippen LogP contribution in [0, 0.1) is 0 Å². The average molecular weight is 874 g/mol. The summed E-state index contributed by atoms with van der Waals surface area (Å²) in [6.07, 6.45) is 7.49. The van der Waals surface area contributed by atoms with Crippen LogP contribution < -0.4 is 0 Å². The number of pyridine rings is 2. The van der Waals surface area contributed by atoms with Crippen LogP contribution in [0.4, 0.5) is 0 Å². The Morgan fingerprint density at radius 2 is 0.642 bits per heavy atom. The van der Waals surface area contributed by atoms with E-state index in [0.717, 1.165) is 72.3 Å². The van der Waals surface area contributed by atoms with Crippen molar-refractivity contribution in [1.29, 1.82) is 0 Å². The highest BCUT2D eigenvalue weighted by atomic mass is 32.1. The van der Waals surface area contributed by atoms with Crippen LogP contribution in [0.2, 0.25) is 0 Å². The summed E-state index contributed by atoms with van der Waals surface area (Å²) in [7, 11) is 0. The average Bonchev–Trinajstić information content (AvgIpc) is 3.81. The number of fused-ring (bicyclic) bond motifs is 3. The van der Waals surface area contributed by atoms with Crippen LogP contribution >= 0.6 is 11.3 Å². The number of aromatic nitrogens is 5. The van der Waals surface area contributed by atoms with Gasteiger partial charge in [-0.05, 0) is 92.0 Å². The molecule has 12 aromatic rings. The molecule has 67 heavy (non-hydrogen) atoms. The molecule has 4 heterocycles. The van der Waals surface area contributed by atoms with Gasteiger partial charge in [0.15, 0.2) is 17.5 Å². The number of hydrogen-bond donors (Lipinski definition) is 0. The summed E-state index contributed by atoms with van der Waals surface area (Å²) in [5.74, 6) is 1.87. The van der Waals surface area contributed by atoms with Crippen molar-refractivity contribution < 1.29 is 0 Å². The van der Waals surface area contributed by atoms with Gasteiger partial charge in [-0.1, -0.05) is 176 Å². The molecule has 0 radical (unpaired) electrons. The first-order chi connectivity index (χ1) is 33.2. The zero-order chi connectivity index (χ0) is 44.5. The third kappa shape index (κ3) is 7.86. The maximum atomic E-state index is 5.14. The van der Waals surface area contributed by atoms with Crippen molar-refractivity contribution in [3.8, 4) is 101 Å². The van der Waals surface area contributed by atoms with Crippen molar-refractivity contribution in [2.45, 2.75) is 0 Å². The predicted octanol–water partition coefficient (Wildman–Crippen LogP) is 16.0. The predicted molar refractivity (Wildman–Crippen MR) is 277 cm³/mol. The first-order valence-corrected chi connectivity index (χ1v) is 23.1. The Bertz CT molecular complexity index is 3650. The molecule has 314 valence electrons. The van der Waals surface area contributed by atoms with Gasteiger partial charge in [0.2, 0.25) is 0 Å². The van der Waals surface area contributed by atoms with Gasteiger partial charge in [-0.25, -0.2) is 15.0 Å². The van der Waals surface area contributed by atoms with Crippen molar-refractivity contribution in [3.05, 3.63) is 237 Å². The molecule has 6 heteroatoms. The summed E-state index contributed by atoms with van der Waals surface area (Å²) < 4.78 is 2.50. The fourth-order valence-electron chi connectivity index (χ4n) is 8.93. The molecule has 0 fully saturated rings. The Morgan fingerprint density at radius 1 is 0.254 bits per heavy atom. The van der Waals surface area contributed by atoms with Crippen molar-refractivity contribution in [3.63, 3.8) is 0 Å². The van der Waals surface area contributed by atoms with E-state index in [4.69, 9.17) is 15.0 Å². The molecule has 0 saturated heterocycles. The van der Waals surface area contributed by atoms with Crippen LogP contribution in [0.1, 0.15) is 0 Å². The highest BCUT2D eigenvalue weighted by Crippen LogP contribution is 2.45. The molecule has 0 amide bonds. The summed E-state index contributed by atoms with van der Waals surface area (Å²) in [4.78, 5) is 24.3. The van der Waals surface area contributed by atoms with Crippen LogP contribution in [-0.2, 0) is 0 Å². The van der Waals surface area contributed by atoms with Crippen molar-refractivity contribution in [2.75, 3.05) is 0 Å². The number of rotatable bonds is 9. The zero-order valence-electron chi connectivity index (χ0n) is 36.2. The molecule has 0 unspecified atom stereocenters. The van der Waals surface area contributed by atoms with E-state index in [-0.39, 0.29) is 0 Å². The van der Waals surface area contributed by atoms with Gasteiger partial charge in [-0.15, -0.1) is 11.3 Å². The van der Waals surface area contributed by atoms with Crippen LogP contribution in [0.3, 0.4) is 0 Å². The number of thiophene rings is 1. The van der Waals surface area contributed by atoms with E-state index in [9.17, 15) is 0 Å². The summed E-state index contributed by atoms with van der Waals surface area (Å²) in [5.41, 5.74) is 16.3. The fourth-order valence-corrected chi connectivity index (χ4v) is 10.3. The Kier molecular flexibility index (Phi) is 10.3. The zero-order valence-corrected chi connectivity index (χ0v) is 37.0. The molecule has 0 bridgehead atoms. The maximum absolute atomic E-state index is 5.14. The van der Waals surface area contributed by atoms with Gasteiger partial charge < -0.3 is 0 Å². The van der Waals surface area contributed by atoms with Crippen molar-refractivity contribution >= 4 is 31.5 Å². The lowest BCUT2D eigenvalue weighted by atomic mass is 9.93. The Balaban J connectivity index is 0.938. The van der Waals surface area contributed by atoms with E-state index in [1.165, 1.54) is 31.3 Å². The lowest BCUT2D eigenvalue weighted by Gasteiger charge is -2.11. The topological polar surface area (TPSA) is 64.5 Å². The van der Waals surface area contributed by atoms with Gasteiger partial charge in [-0.3, -0.25) is 9.97 Å². The van der Waals surface area contributed by atoms with Crippen molar-refractivity contribution in [2.24, 2.45) is 0 Å². The number of nitrogens with zero attached hydrogens (tertiary/aromatic N) is 5. The second kappa shape index (κ2) is 17.3. The Labute approximate surface area is 392 Å². The van der Waals surface area contributed by atoms with Crippen LogP contribution in [0.25, 0.3) is 121 Å². The second-order valence-corrected chi connectivity index (χ2v) is 17.5. The number of hydrogen-bond acceptors (Lipinski definition) is 6. The van der Waals surface area contributed by atoms with Gasteiger partial charge in [-0.2, -0.15) is 0 Å². The first kappa shape index (κ1) is 39.8. The van der Waals surface area contributed by atoms with Gasteiger partial charge in [0.1, 0.15) is 0 Å². The standard InChI is InChI=1S/C61H39N5S/c1-3-12-40(13-4-1)42-24-28-44(29-25-42)59-64-60(66-61(65-59)47-17-7-16-46(34-47)41-14-5-2-6-15-41)45-30-26-43(27-31-45)53-20-8-22-55-56-23-9-21-54(58(56)67-57(53)55)52-36-50(48-18-10-32-62-38-48)35-51(37-52)49-19-11-33-63-39-49/h1-39H. The van der Waals surface area contributed by atoms with Gasteiger partial charge in [0, 0.05) is 72.8 Å². The van der Waals surface area contributed by atoms with E-state index in [1.54, 1.807) is 0 Å². The summed E-state index contributed by atoms with van der Waals surface area (Å²) in [6, 6.07) is 74.7. The minimum absolute atomic E-state index is 0.618. The molecule has 0 atom stereocenters. The summed E-state index contributed by atoms with van der Waals surface area (Å²) in [5, 5.41) is 2.48. The molecule has 0 N–H and O–H groups in total. The van der Waals surface area contributed by atoms with Gasteiger partial charge >= 0.3 is 0 Å². The monoisotopic (exact) mass is 873 g/mol. The lowest BCUT2D eigenvalue weighted by Crippen LogP contribution is -2.00. The largest absolute Gasteiger partial charge is 0.264 e. The van der Waals surface area contributed by atoms with Crippen molar-refractivity contribution in [1.82, 2.24) is 24.9 Å².